The minimum Gasteiger partial charge on any atom is -0.389 e. The van der Waals surface area contributed by atoms with E-state index in [4.69, 9.17) is 0 Å². The monoisotopic (exact) mass is 162 g/mol. The van der Waals surface area contributed by atoms with E-state index >= 15 is 0 Å². The highest BCUT2D eigenvalue weighted by atomic mass is 16.3. The van der Waals surface area contributed by atoms with Crippen molar-refractivity contribution in [2.45, 2.75) is 20.0 Å². The van der Waals surface area contributed by atoms with Crippen LogP contribution in [0.5, 0.6) is 0 Å². The molecule has 1 atom stereocenters. The van der Waals surface area contributed by atoms with Crippen molar-refractivity contribution in [2.24, 2.45) is 0 Å². The van der Waals surface area contributed by atoms with E-state index in [0.717, 1.165) is 16.7 Å². The van der Waals surface area contributed by atoms with Crippen LogP contribution >= 0.6 is 0 Å². The Kier molecular flexibility index (Phi) is 2.66. The average Bonchev–Trinajstić information content (AvgIpc) is 2.04. The molecule has 0 aromatic heterocycles. The lowest BCUT2D eigenvalue weighted by molar-refractivity contribution is 0.199. The fourth-order valence-corrected chi connectivity index (χ4v) is 1.06. The molecule has 1 unspecified atom stereocenters. The summed E-state index contributed by atoms with van der Waals surface area (Å²) in [5.74, 6) is 0. The third-order valence-corrected chi connectivity index (χ3v) is 1.86. The predicted octanol–water partition coefficient (Wildman–Crippen LogP) is 2.77. The molecule has 0 saturated carbocycles. The van der Waals surface area contributed by atoms with Crippen LogP contribution in [0.15, 0.2) is 30.8 Å². The van der Waals surface area contributed by atoms with Gasteiger partial charge < -0.3 is 5.11 Å². The van der Waals surface area contributed by atoms with Crippen molar-refractivity contribution >= 4 is 5.57 Å². The Morgan fingerprint density at radius 1 is 1.50 bits per heavy atom. The first-order chi connectivity index (χ1) is 5.61. The molecule has 0 saturated heterocycles. The Bertz CT molecular complexity index is 287. The molecule has 0 fully saturated rings. The summed E-state index contributed by atoms with van der Waals surface area (Å²) in [6.07, 6.45) is -0.399. The van der Waals surface area contributed by atoms with Gasteiger partial charge in [0.2, 0.25) is 0 Å². The van der Waals surface area contributed by atoms with Crippen molar-refractivity contribution in [3.63, 3.8) is 0 Å². The molecule has 0 spiro atoms. The topological polar surface area (TPSA) is 20.2 Å². The summed E-state index contributed by atoms with van der Waals surface area (Å²) in [5.41, 5.74) is 3.06. The normalized spacial score (nSPS) is 12.6. The summed E-state index contributed by atoms with van der Waals surface area (Å²) in [6.45, 7) is 7.57. The molecule has 1 nitrogen and oxygen atoms in total. The van der Waals surface area contributed by atoms with Crippen molar-refractivity contribution in [3.8, 4) is 0 Å². The zero-order valence-corrected chi connectivity index (χ0v) is 7.54. The Balaban J connectivity index is 3.04. The molecule has 0 aliphatic heterocycles. The first-order valence-electron chi connectivity index (χ1n) is 4.05. The third kappa shape index (κ3) is 1.95. The first kappa shape index (κ1) is 9.01. The average molecular weight is 162 g/mol. The van der Waals surface area contributed by atoms with Crippen LogP contribution in [-0.2, 0) is 0 Å². The minimum atomic E-state index is -0.399. The van der Waals surface area contributed by atoms with Gasteiger partial charge in [-0.1, -0.05) is 30.4 Å². The van der Waals surface area contributed by atoms with Crippen LogP contribution in [0.25, 0.3) is 5.57 Å². The van der Waals surface area contributed by atoms with E-state index in [1.54, 1.807) is 6.92 Å². The van der Waals surface area contributed by atoms with Crippen LogP contribution in [0.3, 0.4) is 0 Å². The smallest absolute Gasteiger partial charge is 0.0762 e. The van der Waals surface area contributed by atoms with Gasteiger partial charge in [-0.15, -0.1) is 0 Å². The quantitative estimate of drug-likeness (QED) is 0.709. The molecular weight excluding hydrogens is 148 g/mol. The third-order valence-electron chi connectivity index (χ3n) is 1.86. The van der Waals surface area contributed by atoms with Crippen molar-refractivity contribution in [1.82, 2.24) is 0 Å². The second kappa shape index (κ2) is 3.55. The van der Waals surface area contributed by atoms with Gasteiger partial charge in [-0.3, -0.25) is 0 Å². The minimum absolute atomic E-state index is 0.399. The lowest BCUT2D eigenvalue weighted by atomic mass is 10.0. The second-order valence-electron chi connectivity index (χ2n) is 3.08. The van der Waals surface area contributed by atoms with Crippen LogP contribution in [0, 0.1) is 0 Å². The molecule has 64 valence electrons. The van der Waals surface area contributed by atoms with E-state index in [0.29, 0.717) is 0 Å². The molecule has 0 amide bonds. The summed E-state index contributed by atoms with van der Waals surface area (Å²) < 4.78 is 0. The molecule has 0 radical (unpaired) electrons. The highest BCUT2D eigenvalue weighted by Crippen LogP contribution is 2.17. The maximum absolute atomic E-state index is 9.30. The highest BCUT2D eigenvalue weighted by Gasteiger charge is 2.00. The second-order valence-corrected chi connectivity index (χ2v) is 3.08. The van der Waals surface area contributed by atoms with Crippen molar-refractivity contribution in [3.05, 3.63) is 42.0 Å². The largest absolute Gasteiger partial charge is 0.389 e. The molecule has 1 heteroatoms. The molecule has 1 rings (SSSR count). The molecule has 0 heterocycles. The van der Waals surface area contributed by atoms with Crippen LogP contribution in [0.2, 0.25) is 0 Å². The van der Waals surface area contributed by atoms with Gasteiger partial charge in [0.15, 0.2) is 0 Å². The Hall–Kier alpha value is -1.08. The molecule has 0 aliphatic carbocycles. The number of aliphatic hydroxyl groups is 1. The molecule has 0 bridgehead atoms. The van der Waals surface area contributed by atoms with Gasteiger partial charge in [0, 0.05) is 0 Å². The van der Waals surface area contributed by atoms with Gasteiger partial charge in [-0.25, -0.2) is 0 Å². The molecule has 1 N–H and O–H groups in total. The molecule has 1 aromatic carbocycles. The lowest BCUT2D eigenvalue weighted by Gasteiger charge is -2.06. The van der Waals surface area contributed by atoms with Gasteiger partial charge in [-0.2, -0.15) is 0 Å². The van der Waals surface area contributed by atoms with E-state index in [9.17, 15) is 5.11 Å². The van der Waals surface area contributed by atoms with Crippen LogP contribution in [0.4, 0.5) is 0 Å². The highest BCUT2D eigenvalue weighted by molar-refractivity contribution is 5.61. The van der Waals surface area contributed by atoms with Gasteiger partial charge >= 0.3 is 0 Å². The number of rotatable bonds is 2. The van der Waals surface area contributed by atoms with E-state index in [1.807, 2.05) is 31.2 Å². The number of hydrogen-bond donors (Lipinski definition) is 1. The molecule has 12 heavy (non-hydrogen) atoms. The van der Waals surface area contributed by atoms with Gasteiger partial charge in [0.25, 0.3) is 0 Å². The zero-order chi connectivity index (χ0) is 9.14. The van der Waals surface area contributed by atoms with Crippen molar-refractivity contribution < 1.29 is 5.11 Å². The van der Waals surface area contributed by atoms with Gasteiger partial charge in [0.1, 0.15) is 0 Å². The summed E-state index contributed by atoms with van der Waals surface area (Å²) >= 11 is 0. The summed E-state index contributed by atoms with van der Waals surface area (Å²) in [7, 11) is 0. The first-order valence-corrected chi connectivity index (χ1v) is 4.05. The van der Waals surface area contributed by atoms with E-state index in [-0.39, 0.29) is 0 Å². The van der Waals surface area contributed by atoms with E-state index in [2.05, 4.69) is 6.58 Å². The maximum atomic E-state index is 9.30. The molecular formula is C11H14O. The van der Waals surface area contributed by atoms with Crippen molar-refractivity contribution in [1.29, 1.82) is 0 Å². The van der Waals surface area contributed by atoms with Crippen molar-refractivity contribution in [2.75, 3.05) is 0 Å². The lowest BCUT2D eigenvalue weighted by Crippen LogP contribution is -1.91. The summed E-state index contributed by atoms with van der Waals surface area (Å²) in [6, 6.07) is 7.81. The van der Waals surface area contributed by atoms with Crippen LogP contribution < -0.4 is 0 Å². The Morgan fingerprint density at radius 3 is 2.67 bits per heavy atom. The van der Waals surface area contributed by atoms with Gasteiger partial charge in [-0.05, 0) is 31.0 Å². The summed E-state index contributed by atoms with van der Waals surface area (Å²) in [5, 5.41) is 9.30. The van der Waals surface area contributed by atoms with E-state index in [1.165, 1.54) is 0 Å². The fraction of sp³-hybridized carbons (Fsp3) is 0.273. The summed E-state index contributed by atoms with van der Waals surface area (Å²) in [4.78, 5) is 0. The van der Waals surface area contributed by atoms with Crippen LogP contribution in [0.1, 0.15) is 31.1 Å². The maximum Gasteiger partial charge on any atom is 0.0762 e. The number of allylic oxidation sites excluding steroid dienone is 1. The number of benzene rings is 1. The molecule has 0 aliphatic rings. The number of hydrogen-bond acceptors (Lipinski definition) is 1. The fourth-order valence-electron chi connectivity index (χ4n) is 1.06. The zero-order valence-electron chi connectivity index (χ0n) is 7.54. The predicted molar refractivity (Wildman–Crippen MR) is 51.8 cm³/mol. The van der Waals surface area contributed by atoms with E-state index < -0.39 is 6.10 Å². The van der Waals surface area contributed by atoms with Gasteiger partial charge in [0.05, 0.1) is 6.10 Å². The number of aliphatic hydroxyl groups excluding tert-OH is 1. The molecule has 1 aromatic rings. The SMILES string of the molecule is C=C(C)c1cccc(C(C)O)c1. The Morgan fingerprint density at radius 2 is 2.17 bits per heavy atom. The standard InChI is InChI=1S/C11H14O/c1-8(2)10-5-4-6-11(7-10)9(3)12/h4-7,9,12H,1H2,2-3H3. The Labute approximate surface area is 73.4 Å². The van der Waals surface area contributed by atoms with Crippen LogP contribution in [-0.4, -0.2) is 5.11 Å².